The first-order chi connectivity index (χ1) is 11.9. The Hall–Kier alpha value is -2.94. The Bertz CT molecular complexity index is 799. The van der Waals surface area contributed by atoms with Crippen molar-refractivity contribution < 1.29 is 27.5 Å². The van der Waals surface area contributed by atoms with Gasteiger partial charge in [0, 0.05) is 13.7 Å². The molecule has 2 N–H and O–H groups in total. The molecule has 6 nitrogen and oxygen atoms in total. The van der Waals surface area contributed by atoms with Crippen LogP contribution in [0.2, 0.25) is 0 Å². The van der Waals surface area contributed by atoms with Gasteiger partial charge >= 0.3 is 0 Å². The molecule has 0 fully saturated rings. The second kappa shape index (κ2) is 8.25. The SMILES string of the molecule is COCCNC(=O)c1cccc(C(=O)Nc2ccc(F)c(F)c2F)n1. The van der Waals surface area contributed by atoms with Crippen molar-refractivity contribution in [3.8, 4) is 0 Å². The Kier molecular flexibility index (Phi) is 6.07. The number of benzene rings is 1. The van der Waals surface area contributed by atoms with E-state index in [9.17, 15) is 22.8 Å². The van der Waals surface area contributed by atoms with Crippen LogP contribution in [0.25, 0.3) is 0 Å². The summed E-state index contributed by atoms with van der Waals surface area (Å²) in [7, 11) is 1.48. The average molecular weight is 353 g/mol. The summed E-state index contributed by atoms with van der Waals surface area (Å²) in [5, 5.41) is 4.61. The molecule has 0 aliphatic rings. The number of carbonyl (C=O) groups is 2. The van der Waals surface area contributed by atoms with Crippen molar-refractivity contribution in [3.05, 3.63) is 59.2 Å². The monoisotopic (exact) mass is 353 g/mol. The Morgan fingerprint density at radius 2 is 1.72 bits per heavy atom. The Morgan fingerprint density at radius 1 is 1.04 bits per heavy atom. The van der Waals surface area contributed by atoms with Crippen LogP contribution in [0.1, 0.15) is 21.0 Å². The maximum Gasteiger partial charge on any atom is 0.274 e. The fraction of sp³-hybridized carbons (Fsp3) is 0.188. The zero-order valence-corrected chi connectivity index (χ0v) is 13.1. The second-order valence-electron chi connectivity index (χ2n) is 4.83. The first-order valence-electron chi connectivity index (χ1n) is 7.13. The number of nitrogens with one attached hydrogen (secondary N) is 2. The van der Waals surface area contributed by atoms with Crippen molar-refractivity contribution in [2.45, 2.75) is 0 Å². The van der Waals surface area contributed by atoms with Gasteiger partial charge in [0.25, 0.3) is 11.8 Å². The van der Waals surface area contributed by atoms with Gasteiger partial charge in [-0.15, -0.1) is 0 Å². The number of halogens is 3. The number of carbonyl (C=O) groups excluding carboxylic acids is 2. The molecular formula is C16H14F3N3O3. The summed E-state index contributed by atoms with van der Waals surface area (Å²) in [5.74, 6) is -6.00. The van der Waals surface area contributed by atoms with Crippen molar-refractivity contribution >= 4 is 17.5 Å². The van der Waals surface area contributed by atoms with Gasteiger partial charge in [-0.1, -0.05) is 6.07 Å². The molecule has 0 atom stereocenters. The van der Waals surface area contributed by atoms with Crippen LogP contribution in [-0.2, 0) is 4.74 Å². The van der Waals surface area contributed by atoms with E-state index in [0.29, 0.717) is 12.7 Å². The topological polar surface area (TPSA) is 80.3 Å². The molecule has 0 spiro atoms. The Morgan fingerprint density at radius 3 is 2.40 bits per heavy atom. The average Bonchev–Trinajstić information content (AvgIpc) is 2.62. The molecule has 0 aliphatic heterocycles. The van der Waals surface area contributed by atoms with Crippen LogP contribution in [0.4, 0.5) is 18.9 Å². The van der Waals surface area contributed by atoms with Gasteiger partial charge in [0.2, 0.25) is 0 Å². The number of hydrogen-bond donors (Lipinski definition) is 2. The van der Waals surface area contributed by atoms with E-state index in [0.717, 1.165) is 6.07 Å². The predicted octanol–water partition coefficient (Wildman–Crippen LogP) is 2.13. The van der Waals surface area contributed by atoms with Crippen LogP contribution in [-0.4, -0.2) is 37.1 Å². The summed E-state index contributed by atoms with van der Waals surface area (Å²) >= 11 is 0. The van der Waals surface area contributed by atoms with E-state index in [-0.39, 0.29) is 17.9 Å². The van der Waals surface area contributed by atoms with Crippen LogP contribution in [0.3, 0.4) is 0 Å². The minimum atomic E-state index is -1.70. The van der Waals surface area contributed by atoms with Crippen LogP contribution >= 0.6 is 0 Å². The Labute approximate surface area is 141 Å². The minimum absolute atomic E-state index is 0.0329. The molecule has 0 saturated heterocycles. The zero-order chi connectivity index (χ0) is 18.4. The third-order valence-electron chi connectivity index (χ3n) is 3.09. The molecule has 0 aliphatic carbocycles. The van der Waals surface area contributed by atoms with Gasteiger partial charge in [-0.2, -0.15) is 0 Å². The molecule has 1 heterocycles. The van der Waals surface area contributed by atoms with Crippen LogP contribution < -0.4 is 10.6 Å². The lowest BCUT2D eigenvalue weighted by molar-refractivity contribution is 0.0932. The summed E-state index contributed by atoms with van der Waals surface area (Å²) in [6.45, 7) is 0.564. The molecule has 1 aromatic carbocycles. The smallest absolute Gasteiger partial charge is 0.274 e. The molecule has 1 aromatic heterocycles. The minimum Gasteiger partial charge on any atom is -0.383 e. The van der Waals surface area contributed by atoms with Crippen molar-refractivity contribution in [1.82, 2.24) is 10.3 Å². The number of pyridine rings is 1. The first kappa shape index (κ1) is 18.4. The van der Waals surface area contributed by atoms with Gasteiger partial charge in [-0.25, -0.2) is 18.2 Å². The van der Waals surface area contributed by atoms with E-state index in [2.05, 4.69) is 15.6 Å². The fourth-order valence-corrected chi connectivity index (χ4v) is 1.85. The number of methoxy groups -OCH3 is 1. The molecular weight excluding hydrogens is 339 g/mol. The van der Waals surface area contributed by atoms with E-state index in [1.54, 1.807) is 0 Å². The van der Waals surface area contributed by atoms with Crippen molar-refractivity contribution in [3.63, 3.8) is 0 Å². The highest BCUT2D eigenvalue weighted by Crippen LogP contribution is 2.20. The van der Waals surface area contributed by atoms with Gasteiger partial charge in [0.1, 0.15) is 11.4 Å². The van der Waals surface area contributed by atoms with E-state index < -0.39 is 35.0 Å². The van der Waals surface area contributed by atoms with Gasteiger partial charge in [0.05, 0.1) is 12.3 Å². The molecule has 132 valence electrons. The van der Waals surface area contributed by atoms with Crippen LogP contribution in [0, 0.1) is 17.5 Å². The summed E-state index contributed by atoms with van der Waals surface area (Å²) in [5.41, 5.74) is -0.765. The summed E-state index contributed by atoms with van der Waals surface area (Å²) in [6, 6.07) is 5.65. The zero-order valence-electron chi connectivity index (χ0n) is 13.1. The predicted molar refractivity (Wildman–Crippen MR) is 82.7 cm³/mol. The van der Waals surface area contributed by atoms with Crippen LogP contribution in [0.15, 0.2) is 30.3 Å². The number of amides is 2. The third-order valence-corrected chi connectivity index (χ3v) is 3.09. The largest absolute Gasteiger partial charge is 0.383 e. The summed E-state index contributed by atoms with van der Waals surface area (Å²) in [6.07, 6.45) is 0. The normalized spacial score (nSPS) is 10.4. The summed E-state index contributed by atoms with van der Waals surface area (Å²) in [4.78, 5) is 27.8. The van der Waals surface area contributed by atoms with Crippen molar-refractivity contribution in [2.75, 3.05) is 25.6 Å². The number of nitrogens with zero attached hydrogens (tertiary/aromatic N) is 1. The lowest BCUT2D eigenvalue weighted by Gasteiger charge is -2.08. The van der Waals surface area contributed by atoms with Gasteiger partial charge in [-0.05, 0) is 24.3 Å². The van der Waals surface area contributed by atoms with E-state index in [4.69, 9.17) is 4.74 Å². The second-order valence-corrected chi connectivity index (χ2v) is 4.83. The molecule has 2 aromatic rings. The highest BCUT2D eigenvalue weighted by molar-refractivity contribution is 6.03. The van der Waals surface area contributed by atoms with E-state index >= 15 is 0 Å². The van der Waals surface area contributed by atoms with E-state index in [1.165, 1.54) is 25.3 Å². The maximum atomic E-state index is 13.6. The van der Waals surface area contributed by atoms with Gasteiger partial charge in [0.15, 0.2) is 17.5 Å². The molecule has 25 heavy (non-hydrogen) atoms. The molecule has 2 amide bonds. The quantitative estimate of drug-likeness (QED) is 0.616. The molecule has 0 saturated carbocycles. The highest BCUT2D eigenvalue weighted by atomic mass is 19.2. The van der Waals surface area contributed by atoms with Crippen LogP contribution in [0.5, 0.6) is 0 Å². The molecule has 0 unspecified atom stereocenters. The lowest BCUT2D eigenvalue weighted by atomic mass is 10.2. The first-order valence-corrected chi connectivity index (χ1v) is 7.13. The molecule has 0 bridgehead atoms. The molecule has 0 radical (unpaired) electrons. The fourth-order valence-electron chi connectivity index (χ4n) is 1.85. The highest BCUT2D eigenvalue weighted by Gasteiger charge is 2.17. The maximum absolute atomic E-state index is 13.6. The molecule has 9 heteroatoms. The lowest BCUT2D eigenvalue weighted by Crippen LogP contribution is -2.28. The van der Waals surface area contributed by atoms with Gasteiger partial charge < -0.3 is 15.4 Å². The number of aromatic nitrogens is 1. The third kappa shape index (κ3) is 4.54. The van der Waals surface area contributed by atoms with Gasteiger partial charge in [-0.3, -0.25) is 9.59 Å². The van der Waals surface area contributed by atoms with Crippen molar-refractivity contribution in [2.24, 2.45) is 0 Å². The number of ether oxygens (including phenoxy) is 1. The number of anilines is 1. The summed E-state index contributed by atoms with van der Waals surface area (Å²) < 4.78 is 44.5. The van der Waals surface area contributed by atoms with Crippen molar-refractivity contribution in [1.29, 1.82) is 0 Å². The molecule has 2 rings (SSSR count). The number of rotatable bonds is 6. The van der Waals surface area contributed by atoms with E-state index in [1.807, 2.05) is 0 Å². The number of hydrogen-bond acceptors (Lipinski definition) is 4. The standard InChI is InChI=1S/C16H14F3N3O3/c1-25-8-7-20-15(23)11-3-2-4-12(21-11)16(24)22-10-6-5-9(17)13(18)14(10)19/h2-6H,7-8H2,1H3,(H,20,23)(H,22,24). The Balaban J connectivity index is 2.14.